The molecule has 10 heteroatoms. The maximum Gasteiger partial charge on any atom is 0.343 e. The molecule has 34 heavy (non-hydrogen) atoms. The van der Waals surface area contributed by atoms with Gasteiger partial charge < -0.3 is 14.0 Å². The first-order valence-electron chi connectivity index (χ1n) is 10.9. The molecule has 4 aromatic rings. The highest BCUT2D eigenvalue weighted by Gasteiger charge is 2.26. The fraction of sp³-hybridized carbons (Fsp3) is 0.292. The van der Waals surface area contributed by atoms with Gasteiger partial charge in [-0.05, 0) is 29.8 Å². The summed E-state index contributed by atoms with van der Waals surface area (Å²) in [6, 6.07) is 12.9. The molecule has 0 N–H and O–H groups in total. The average Bonchev–Trinajstić information content (AvgIpc) is 3.23. The highest BCUT2D eigenvalue weighted by Crippen LogP contribution is 2.25. The van der Waals surface area contributed by atoms with Crippen LogP contribution in [0, 0.1) is 0 Å². The van der Waals surface area contributed by atoms with E-state index in [1.54, 1.807) is 10.8 Å². The van der Waals surface area contributed by atoms with Gasteiger partial charge in [-0.1, -0.05) is 12.1 Å². The van der Waals surface area contributed by atoms with E-state index < -0.39 is 5.97 Å². The van der Waals surface area contributed by atoms with Gasteiger partial charge in [0.1, 0.15) is 29.0 Å². The Morgan fingerprint density at radius 3 is 2.79 bits per heavy atom. The van der Waals surface area contributed by atoms with Gasteiger partial charge in [0.15, 0.2) is 0 Å². The van der Waals surface area contributed by atoms with E-state index in [1.807, 2.05) is 30.3 Å². The van der Waals surface area contributed by atoms with E-state index in [4.69, 9.17) is 9.47 Å². The Morgan fingerprint density at radius 1 is 1.09 bits per heavy atom. The van der Waals surface area contributed by atoms with Crippen molar-refractivity contribution in [2.24, 2.45) is 0 Å². The molecule has 1 aromatic carbocycles. The lowest BCUT2D eigenvalue weighted by molar-refractivity contribution is 0.0592. The molecule has 0 atom stereocenters. The summed E-state index contributed by atoms with van der Waals surface area (Å²) in [5.74, 6) is -0.293. The molecule has 1 aliphatic rings. The van der Waals surface area contributed by atoms with Crippen LogP contribution >= 0.6 is 11.7 Å². The van der Waals surface area contributed by atoms with Crippen LogP contribution in [0.4, 0.5) is 0 Å². The van der Waals surface area contributed by atoms with Crippen LogP contribution in [0.3, 0.4) is 0 Å². The summed E-state index contributed by atoms with van der Waals surface area (Å²) in [4.78, 5) is 32.2. The number of carbonyl (C=O) groups excluding carboxylic acids is 1. The fourth-order valence-electron chi connectivity index (χ4n) is 4.21. The van der Waals surface area contributed by atoms with Crippen molar-refractivity contribution in [2.75, 3.05) is 20.2 Å². The van der Waals surface area contributed by atoms with Crippen LogP contribution in [-0.4, -0.2) is 49.4 Å². The SMILES string of the molecule is COC(=O)c1c(OCc2ccccn2)cc(=O)n2c1CCN(Cc1ccc3nsnc3c1)CC2. The lowest BCUT2D eigenvalue weighted by atomic mass is 10.1. The zero-order valence-electron chi connectivity index (χ0n) is 18.6. The summed E-state index contributed by atoms with van der Waals surface area (Å²) in [6.45, 7) is 2.69. The largest absolute Gasteiger partial charge is 0.486 e. The number of benzene rings is 1. The number of carbonyl (C=O) groups is 1. The quantitative estimate of drug-likeness (QED) is 0.391. The maximum absolute atomic E-state index is 13.0. The Hall–Kier alpha value is -3.63. The van der Waals surface area contributed by atoms with Gasteiger partial charge in [-0.2, -0.15) is 8.75 Å². The number of esters is 1. The molecule has 3 aromatic heterocycles. The van der Waals surface area contributed by atoms with Crippen molar-refractivity contribution in [3.63, 3.8) is 0 Å². The fourth-order valence-corrected chi connectivity index (χ4v) is 4.72. The van der Waals surface area contributed by atoms with Crippen LogP contribution in [0.5, 0.6) is 5.75 Å². The third kappa shape index (κ3) is 4.55. The first kappa shape index (κ1) is 22.2. The first-order valence-corrected chi connectivity index (χ1v) is 11.7. The molecule has 0 spiro atoms. The van der Waals surface area contributed by atoms with E-state index in [1.165, 1.54) is 24.9 Å². The zero-order valence-corrected chi connectivity index (χ0v) is 19.5. The highest BCUT2D eigenvalue weighted by molar-refractivity contribution is 7.00. The summed E-state index contributed by atoms with van der Waals surface area (Å²) in [6.07, 6.45) is 2.18. The summed E-state index contributed by atoms with van der Waals surface area (Å²) in [5, 5.41) is 0. The maximum atomic E-state index is 13.0. The van der Waals surface area contributed by atoms with Gasteiger partial charge in [0.05, 0.1) is 24.5 Å². The van der Waals surface area contributed by atoms with Gasteiger partial charge >= 0.3 is 5.97 Å². The molecule has 4 heterocycles. The molecular weight excluding hydrogens is 454 g/mol. The van der Waals surface area contributed by atoms with Crippen molar-refractivity contribution in [1.82, 2.24) is 23.2 Å². The number of hydrogen-bond donors (Lipinski definition) is 0. The van der Waals surface area contributed by atoms with Crippen LogP contribution in [0.2, 0.25) is 0 Å². The minimum atomic E-state index is -0.519. The van der Waals surface area contributed by atoms with Gasteiger partial charge in [0.2, 0.25) is 0 Å². The second-order valence-electron chi connectivity index (χ2n) is 8.03. The Morgan fingerprint density at radius 2 is 1.97 bits per heavy atom. The Balaban J connectivity index is 1.40. The summed E-state index contributed by atoms with van der Waals surface area (Å²) >= 11 is 1.20. The molecule has 1 aliphatic heterocycles. The first-order chi connectivity index (χ1) is 16.6. The van der Waals surface area contributed by atoms with Crippen molar-refractivity contribution < 1.29 is 14.3 Å². The minimum absolute atomic E-state index is 0.147. The number of hydrogen-bond acceptors (Lipinski definition) is 9. The molecule has 0 unspecified atom stereocenters. The molecular formula is C24H23N5O4S. The number of ether oxygens (including phenoxy) is 2. The molecule has 0 aliphatic carbocycles. The van der Waals surface area contributed by atoms with E-state index in [0.29, 0.717) is 49.6 Å². The molecule has 0 amide bonds. The van der Waals surface area contributed by atoms with Gasteiger partial charge in [-0.25, -0.2) is 4.79 Å². The molecule has 0 fully saturated rings. The van der Waals surface area contributed by atoms with Crippen molar-refractivity contribution in [3.05, 3.63) is 81.5 Å². The number of pyridine rings is 2. The Kier molecular flexibility index (Phi) is 6.33. The van der Waals surface area contributed by atoms with E-state index in [9.17, 15) is 9.59 Å². The predicted octanol–water partition coefficient (Wildman–Crippen LogP) is 2.67. The highest BCUT2D eigenvalue weighted by atomic mass is 32.1. The van der Waals surface area contributed by atoms with Gasteiger partial charge in [0.25, 0.3) is 5.56 Å². The van der Waals surface area contributed by atoms with Crippen molar-refractivity contribution in [2.45, 2.75) is 26.1 Å². The number of methoxy groups -OCH3 is 1. The third-order valence-corrected chi connectivity index (χ3v) is 6.46. The number of nitrogens with zero attached hydrogens (tertiary/aromatic N) is 5. The average molecular weight is 478 g/mol. The lowest BCUT2D eigenvalue weighted by Crippen LogP contribution is -2.29. The second-order valence-corrected chi connectivity index (χ2v) is 8.56. The normalized spacial score (nSPS) is 13.9. The van der Waals surface area contributed by atoms with Gasteiger partial charge in [0, 0.05) is 50.6 Å². The number of fused-ring (bicyclic) bond motifs is 2. The van der Waals surface area contributed by atoms with Gasteiger partial charge in [-0.15, -0.1) is 0 Å². The van der Waals surface area contributed by atoms with E-state index in [-0.39, 0.29) is 17.9 Å². The molecule has 174 valence electrons. The van der Waals surface area contributed by atoms with Crippen LogP contribution < -0.4 is 10.3 Å². The Bertz CT molecular complexity index is 1390. The predicted molar refractivity (Wildman–Crippen MR) is 127 cm³/mol. The van der Waals surface area contributed by atoms with E-state index in [2.05, 4.69) is 24.7 Å². The number of aromatic nitrogens is 4. The standard InChI is InChI=1S/C24H23N5O4S/c1-32-24(31)23-20-7-9-28(14-16-5-6-18-19(12-16)27-34-26-18)10-11-29(20)22(30)13-21(23)33-15-17-4-2-3-8-25-17/h2-6,8,12-13H,7,9-11,14-15H2,1H3. The zero-order chi connectivity index (χ0) is 23.5. The molecule has 9 nitrogen and oxygen atoms in total. The lowest BCUT2D eigenvalue weighted by Gasteiger charge is -2.19. The number of rotatable bonds is 6. The van der Waals surface area contributed by atoms with Crippen molar-refractivity contribution in [1.29, 1.82) is 0 Å². The molecule has 0 radical (unpaired) electrons. The van der Waals surface area contributed by atoms with E-state index >= 15 is 0 Å². The van der Waals surface area contributed by atoms with Crippen LogP contribution in [0.25, 0.3) is 11.0 Å². The van der Waals surface area contributed by atoms with Gasteiger partial charge in [-0.3, -0.25) is 14.7 Å². The summed E-state index contributed by atoms with van der Waals surface area (Å²) in [5.41, 5.74) is 4.35. The van der Waals surface area contributed by atoms with E-state index in [0.717, 1.165) is 16.6 Å². The molecule has 0 bridgehead atoms. The topological polar surface area (TPSA) is 99.4 Å². The monoisotopic (exact) mass is 477 g/mol. The third-order valence-electron chi connectivity index (χ3n) is 5.90. The second kappa shape index (κ2) is 9.70. The summed E-state index contributed by atoms with van der Waals surface area (Å²) in [7, 11) is 1.33. The summed E-state index contributed by atoms with van der Waals surface area (Å²) < 4.78 is 21.2. The minimum Gasteiger partial charge on any atom is -0.486 e. The Labute approximate surface area is 199 Å². The van der Waals surface area contributed by atoms with Crippen molar-refractivity contribution >= 4 is 28.7 Å². The van der Waals surface area contributed by atoms with Crippen molar-refractivity contribution in [3.8, 4) is 5.75 Å². The molecule has 0 saturated carbocycles. The molecule has 5 rings (SSSR count). The molecule has 0 saturated heterocycles. The van der Waals surface area contributed by atoms with Crippen LogP contribution in [0.1, 0.15) is 27.3 Å². The van der Waals surface area contributed by atoms with Crippen LogP contribution in [0.15, 0.2) is 53.5 Å². The smallest absolute Gasteiger partial charge is 0.343 e. The van der Waals surface area contributed by atoms with Crippen LogP contribution in [-0.2, 0) is 30.9 Å².